The monoisotopic (exact) mass is 380 g/mol. The van der Waals surface area contributed by atoms with E-state index in [0.29, 0.717) is 12.1 Å². The Labute approximate surface area is 153 Å². The Bertz CT molecular complexity index is 841. The van der Waals surface area contributed by atoms with E-state index < -0.39 is 10.0 Å². The Hall–Kier alpha value is -1.70. The van der Waals surface area contributed by atoms with Crippen LogP contribution in [0.25, 0.3) is 0 Å². The SMILES string of the molecule is Cc1cc(S(=O)(=O)N(C)C)cc(NC(=O)CCCc2cccs2)c1C. The largest absolute Gasteiger partial charge is 0.326 e. The van der Waals surface area contributed by atoms with Crippen LogP contribution in [-0.4, -0.2) is 32.7 Å². The maximum atomic E-state index is 12.4. The minimum Gasteiger partial charge on any atom is -0.326 e. The minimum absolute atomic E-state index is 0.0987. The molecule has 1 N–H and O–H groups in total. The average molecular weight is 381 g/mol. The van der Waals surface area contributed by atoms with Crippen molar-refractivity contribution in [3.8, 4) is 0 Å². The second-order valence-electron chi connectivity index (χ2n) is 6.18. The summed E-state index contributed by atoms with van der Waals surface area (Å²) in [5, 5.41) is 4.89. The summed E-state index contributed by atoms with van der Waals surface area (Å²) in [5.74, 6) is -0.0987. The highest BCUT2D eigenvalue weighted by Gasteiger charge is 2.20. The molecule has 0 bridgehead atoms. The van der Waals surface area contributed by atoms with Gasteiger partial charge in [-0.15, -0.1) is 11.3 Å². The Morgan fingerprint density at radius 1 is 1.24 bits per heavy atom. The molecule has 0 unspecified atom stereocenters. The van der Waals surface area contributed by atoms with E-state index in [1.165, 1.54) is 29.3 Å². The highest BCUT2D eigenvalue weighted by molar-refractivity contribution is 7.89. The lowest BCUT2D eigenvalue weighted by Gasteiger charge is -2.16. The van der Waals surface area contributed by atoms with Crippen LogP contribution in [0.4, 0.5) is 5.69 Å². The van der Waals surface area contributed by atoms with Crippen molar-refractivity contribution < 1.29 is 13.2 Å². The summed E-state index contributed by atoms with van der Waals surface area (Å²) in [6.45, 7) is 3.72. The molecule has 136 valence electrons. The number of nitrogens with one attached hydrogen (secondary N) is 1. The number of carbonyl (C=O) groups is 1. The quantitative estimate of drug-likeness (QED) is 0.798. The van der Waals surface area contributed by atoms with Crippen molar-refractivity contribution >= 4 is 33.0 Å². The van der Waals surface area contributed by atoms with Crippen LogP contribution in [0.15, 0.2) is 34.5 Å². The first kappa shape index (κ1) is 19.6. The third kappa shape index (κ3) is 4.90. The van der Waals surface area contributed by atoms with E-state index in [1.807, 2.05) is 25.3 Å². The van der Waals surface area contributed by atoms with Gasteiger partial charge in [-0.2, -0.15) is 0 Å². The molecule has 0 aliphatic carbocycles. The second kappa shape index (κ2) is 8.12. The fourth-order valence-corrected chi connectivity index (χ4v) is 4.17. The molecule has 0 spiro atoms. The van der Waals surface area contributed by atoms with Crippen LogP contribution in [-0.2, 0) is 21.2 Å². The van der Waals surface area contributed by atoms with Crippen LogP contribution in [0.5, 0.6) is 0 Å². The number of nitrogens with zero attached hydrogens (tertiary/aromatic N) is 1. The number of thiophene rings is 1. The number of aryl methyl sites for hydroxylation is 2. The number of anilines is 1. The molecule has 0 atom stereocenters. The lowest BCUT2D eigenvalue weighted by Crippen LogP contribution is -2.23. The first-order chi connectivity index (χ1) is 11.7. The van der Waals surface area contributed by atoms with Crippen molar-refractivity contribution in [2.24, 2.45) is 0 Å². The van der Waals surface area contributed by atoms with Gasteiger partial charge in [0.25, 0.3) is 0 Å². The first-order valence-electron chi connectivity index (χ1n) is 8.08. The van der Waals surface area contributed by atoms with Crippen molar-refractivity contribution in [3.63, 3.8) is 0 Å². The van der Waals surface area contributed by atoms with Crippen molar-refractivity contribution in [2.45, 2.75) is 38.0 Å². The molecule has 5 nitrogen and oxygen atoms in total. The van der Waals surface area contributed by atoms with E-state index in [9.17, 15) is 13.2 Å². The number of sulfonamides is 1. The maximum Gasteiger partial charge on any atom is 0.242 e. The Morgan fingerprint density at radius 3 is 2.56 bits per heavy atom. The molecule has 0 fully saturated rings. The van der Waals surface area contributed by atoms with E-state index in [1.54, 1.807) is 17.4 Å². The van der Waals surface area contributed by atoms with E-state index in [4.69, 9.17) is 0 Å². The summed E-state index contributed by atoms with van der Waals surface area (Å²) in [4.78, 5) is 13.7. The van der Waals surface area contributed by atoms with Crippen LogP contribution in [0.1, 0.15) is 28.8 Å². The second-order valence-corrected chi connectivity index (χ2v) is 9.37. The number of carbonyl (C=O) groups excluding carboxylic acids is 1. The van der Waals surface area contributed by atoms with Gasteiger partial charge in [0.05, 0.1) is 4.90 Å². The van der Waals surface area contributed by atoms with Crippen LogP contribution in [0.3, 0.4) is 0 Å². The molecule has 1 heterocycles. The summed E-state index contributed by atoms with van der Waals surface area (Å²) in [7, 11) is -0.551. The van der Waals surface area contributed by atoms with Crippen LogP contribution in [0, 0.1) is 13.8 Å². The predicted molar refractivity (Wildman–Crippen MR) is 103 cm³/mol. The first-order valence-corrected chi connectivity index (χ1v) is 10.4. The molecule has 7 heteroatoms. The normalized spacial score (nSPS) is 11.7. The minimum atomic E-state index is -3.54. The topological polar surface area (TPSA) is 66.5 Å². The smallest absolute Gasteiger partial charge is 0.242 e. The number of amides is 1. The third-order valence-electron chi connectivity index (χ3n) is 4.10. The third-order valence-corrected chi connectivity index (χ3v) is 6.83. The van der Waals surface area contributed by atoms with Crippen molar-refractivity contribution in [2.75, 3.05) is 19.4 Å². The van der Waals surface area contributed by atoms with Gasteiger partial charge in [0.15, 0.2) is 0 Å². The van der Waals surface area contributed by atoms with E-state index in [2.05, 4.69) is 11.4 Å². The molecule has 1 aromatic heterocycles. The molecule has 2 aromatic rings. The summed E-state index contributed by atoms with van der Waals surface area (Å²) in [5.41, 5.74) is 2.27. The van der Waals surface area contributed by atoms with E-state index >= 15 is 0 Å². The van der Waals surface area contributed by atoms with Crippen molar-refractivity contribution in [1.82, 2.24) is 4.31 Å². The molecular weight excluding hydrogens is 356 g/mol. The molecule has 2 rings (SSSR count). The zero-order valence-corrected chi connectivity index (χ0v) is 16.6. The molecule has 0 saturated heterocycles. The predicted octanol–water partition coefficient (Wildman–Crippen LogP) is 3.58. The molecular formula is C18H24N2O3S2. The van der Waals surface area contributed by atoms with Crippen LogP contribution >= 0.6 is 11.3 Å². The lowest BCUT2D eigenvalue weighted by atomic mass is 10.1. The zero-order valence-electron chi connectivity index (χ0n) is 15.0. The van der Waals surface area contributed by atoms with E-state index in [-0.39, 0.29) is 10.8 Å². The Morgan fingerprint density at radius 2 is 1.96 bits per heavy atom. The molecule has 0 aliphatic heterocycles. The lowest BCUT2D eigenvalue weighted by molar-refractivity contribution is -0.116. The van der Waals surface area contributed by atoms with E-state index in [0.717, 1.165) is 24.0 Å². The van der Waals surface area contributed by atoms with Gasteiger partial charge < -0.3 is 5.32 Å². The molecule has 0 radical (unpaired) electrons. The molecule has 0 aliphatic rings. The molecule has 1 amide bonds. The fraction of sp³-hybridized carbons (Fsp3) is 0.389. The fourth-order valence-electron chi connectivity index (χ4n) is 2.41. The molecule has 25 heavy (non-hydrogen) atoms. The molecule has 0 saturated carbocycles. The van der Waals surface area contributed by atoms with Crippen LogP contribution < -0.4 is 5.32 Å². The molecule has 1 aromatic carbocycles. The highest BCUT2D eigenvalue weighted by Crippen LogP contribution is 2.25. The Kier molecular flexibility index (Phi) is 6.37. The van der Waals surface area contributed by atoms with Gasteiger partial charge in [-0.1, -0.05) is 6.07 Å². The number of hydrogen-bond donors (Lipinski definition) is 1. The highest BCUT2D eigenvalue weighted by atomic mass is 32.2. The Balaban J connectivity index is 2.10. The average Bonchev–Trinajstić information content (AvgIpc) is 3.04. The number of benzene rings is 1. The summed E-state index contributed by atoms with van der Waals surface area (Å²) in [6.07, 6.45) is 2.04. The van der Waals surface area contributed by atoms with Gasteiger partial charge in [-0.3, -0.25) is 4.79 Å². The van der Waals surface area contributed by atoms with Gasteiger partial charge >= 0.3 is 0 Å². The maximum absolute atomic E-state index is 12.4. The zero-order chi connectivity index (χ0) is 18.6. The van der Waals surface area contributed by atoms with Crippen LogP contribution in [0.2, 0.25) is 0 Å². The van der Waals surface area contributed by atoms with Gasteiger partial charge in [-0.05, 0) is 61.4 Å². The van der Waals surface area contributed by atoms with Gasteiger partial charge in [0.2, 0.25) is 15.9 Å². The summed E-state index contributed by atoms with van der Waals surface area (Å²) < 4.78 is 25.9. The number of hydrogen-bond acceptors (Lipinski definition) is 4. The van der Waals surface area contributed by atoms with Crippen molar-refractivity contribution in [3.05, 3.63) is 45.6 Å². The standard InChI is InChI=1S/C18H24N2O3S2/c1-13-11-16(25(22,23)20(3)4)12-17(14(13)2)19-18(21)9-5-7-15-8-6-10-24-15/h6,8,10-12H,5,7,9H2,1-4H3,(H,19,21). The number of rotatable bonds is 7. The van der Waals surface area contributed by atoms with Gasteiger partial charge in [0.1, 0.15) is 0 Å². The van der Waals surface area contributed by atoms with Gasteiger partial charge in [-0.25, -0.2) is 12.7 Å². The summed E-state index contributed by atoms with van der Waals surface area (Å²) in [6, 6.07) is 7.24. The van der Waals surface area contributed by atoms with Gasteiger partial charge in [0, 0.05) is 31.1 Å². The van der Waals surface area contributed by atoms with Crippen molar-refractivity contribution in [1.29, 1.82) is 0 Å². The summed E-state index contributed by atoms with van der Waals surface area (Å²) >= 11 is 1.69.